The smallest absolute Gasteiger partial charge is 0.0745 e. The Morgan fingerprint density at radius 1 is 1.25 bits per heavy atom. The summed E-state index contributed by atoms with van der Waals surface area (Å²) >= 11 is 1.88. The van der Waals surface area contributed by atoms with E-state index in [4.69, 9.17) is 4.52 Å². The Bertz CT molecular complexity index is 83.4. The highest BCUT2D eigenvalue weighted by Crippen LogP contribution is 2.35. The first-order valence-electron chi connectivity index (χ1n) is 4.37. The van der Waals surface area contributed by atoms with Crippen molar-refractivity contribution in [1.29, 1.82) is 0 Å². The fourth-order valence-corrected chi connectivity index (χ4v) is 2.54. The lowest BCUT2D eigenvalue weighted by molar-refractivity contribution is 0.409. The molecule has 0 radical (unpaired) electrons. The fourth-order valence-electron chi connectivity index (χ4n) is 0.875. The second kappa shape index (κ2) is 8.31. The molecule has 0 aromatic heterocycles. The summed E-state index contributed by atoms with van der Waals surface area (Å²) in [6, 6.07) is 1.25. The minimum Gasteiger partial charge on any atom is -0.351 e. The summed E-state index contributed by atoms with van der Waals surface area (Å²) in [5.74, 6) is 1.21. The summed E-state index contributed by atoms with van der Waals surface area (Å²) in [6.07, 6.45) is 0. The Labute approximate surface area is 81.8 Å². The van der Waals surface area contributed by atoms with E-state index in [1.165, 1.54) is 5.75 Å². The molecule has 1 aliphatic heterocycles. The van der Waals surface area contributed by atoms with Gasteiger partial charge >= 0.3 is 0 Å². The Balaban J connectivity index is 0.000000211. The summed E-state index contributed by atoms with van der Waals surface area (Å²) in [5.41, 5.74) is 0. The predicted octanol–water partition coefficient (Wildman–Crippen LogP) is 2.65. The van der Waals surface area contributed by atoms with Crippen LogP contribution in [-0.2, 0) is 4.52 Å². The van der Waals surface area contributed by atoms with Crippen LogP contribution in [0.15, 0.2) is 0 Å². The van der Waals surface area contributed by atoms with Crippen LogP contribution in [0.1, 0.15) is 27.7 Å². The van der Waals surface area contributed by atoms with E-state index in [9.17, 15) is 0 Å². The lowest BCUT2D eigenvalue weighted by Crippen LogP contribution is -2.29. The van der Waals surface area contributed by atoms with Crippen LogP contribution in [0.3, 0.4) is 0 Å². The molecular formula is C8H20NOPS. The number of hydrogen-bond acceptors (Lipinski definition) is 3. The van der Waals surface area contributed by atoms with Crippen LogP contribution < -0.4 is 5.32 Å². The maximum atomic E-state index is 4.94. The van der Waals surface area contributed by atoms with Crippen LogP contribution in [0, 0.1) is 0 Å². The average Bonchev–Trinajstić information content (AvgIpc) is 2.36. The normalized spacial score (nSPS) is 18.5. The van der Waals surface area contributed by atoms with Crippen molar-refractivity contribution in [1.82, 2.24) is 5.32 Å². The summed E-state index contributed by atoms with van der Waals surface area (Å²) < 4.78 is 4.94. The first-order chi connectivity index (χ1) is 5.63. The van der Waals surface area contributed by atoms with Gasteiger partial charge in [-0.3, -0.25) is 0 Å². The van der Waals surface area contributed by atoms with E-state index in [0.717, 1.165) is 14.6 Å². The van der Waals surface area contributed by atoms with Crippen LogP contribution in [0.4, 0.5) is 0 Å². The Morgan fingerprint density at radius 3 is 1.92 bits per heavy atom. The van der Waals surface area contributed by atoms with Crippen LogP contribution in [-0.4, -0.2) is 24.4 Å². The van der Waals surface area contributed by atoms with Gasteiger partial charge in [-0.15, -0.1) is 11.4 Å². The van der Waals surface area contributed by atoms with Crippen LogP contribution in [0.5, 0.6) is 0 Å². The molecule has 0 bridgehead atoms. The highest BCUT2D eigenvalue weighted by atomic mass is 32.7. The first kappa shape index (κ1) is 12.7. The molecule has 0 amide bonds. The van der Waals surface area contributed by atoms with E-state index in [1.807, 2.05) is 11.4 Å². The van der Waals surface area contributed by atoms with Crippen molar-refractivity contribution in [2.75, 3.05) is 12.4 Å². The second-order valence-corrected chi connectivity index (χ2v) is 5.77. The minimum atomic E-state index is 0.625. The molecule has 1 fully saturated rings. The van der Waals surface area contributed by atoms with Crippen molar-refractivity contribution in [3.8, 4) is 0 Å². The molecule has 74 valence electrons. The predicted molar refractivity (Wildman–Crippen MR) is 60.1 cm³/mol. The minimum absolute atomic E-state index is 0.625. The molecular weight excluding hydrogens is 189 g/mol. The monoisotopic (exact) mass is 209 g/mol. The maximum absolute atomic E-state index is 4.94. The van der Waals surface area contributed by atoms with E-state index in [-0.39, 0.29) is 0 Å². The van der Waals surface area contributed by atoms with Crippen LogP contribution in [0.2, 0.25) is 0 Å². The second-order valence-electron chi connectivity index (χ2n) is 3.26. The zero-order valence-corrected chi connectivity index (χ0v) is 10.2. The number of hydrogen-bond donors (Lipinski definition) is 1. The SMILES string of the molecule is C1CSPO1.CC(C)NC(C)C. The van der Waals surface area contributed by atoms with Crippen LogP contribution >= 0.6 is 19.4 Å². The summed E-state index contributed by atoms with van der Waals surface area (Å²) in [4.78, 5) is 0. The molecule has 0 spiro atoms. The molecule has 1 atom stereocenters. The summed E-state index contributed by atoms with van der Waals surface area (Å²) in [6.45, 7) is 9.59. The van der Waals surface area contributed by atoms with E-state index < -0.39 is 0 Å². The molecule has 4 heteroatoms. The van der Waals surface area contributed by atoms with E-state index in [1.54, 1.807) is 0 Å². The molecule has 12 heavy (non-hydrogen) atoms. The molecule has 0 aliphatic carbocycles. The van der Waals surface area contributed by atoms with Gasteiger partial charge in [-0.2, -0.15) is 0 Å². The molecule has 0 saturated carbocycles. The maximum Gasteiger partial charge on any atom is 0.0745 e. The van der Waals surface area contributed by atoms with Gasteiger partial charge in [0, 0.05) is 17.8 Å². The summed E-state index contributed by atoms with van der Waals surface area (Å²) in [5, 5.41) is 3.31. The Kier molecular flexibility index (Phi) is 8.79. The van der Waals surface area contributed by atoms with Gasteiger partial charge in [-0.1, -0.05) is 27.7 Å². The highest BCUT2D eigenvalue weighted by molar-refractivity contribution is 8.48. The third kappa shape index (κ3) is 10.7. The van der Waals surface area contributed by atoms with Gasteiger partial charge in [-0.25, -0.2) is 0 Å². The fraction of sp³-hybridized carbons (Fsp3) is 1.00. The molecule has 0 aromatic rings. The molecule has 0 aromatic carbocycles. The zero-order chi connectivity index (χ0) is 9.40. The molecule has 1 saturated heterocycles. The lowest BCUT2D eigenvalue weighted by Gasteiger charge is -2.10. The van der Waals surface area contributed by atoms with Crippen molar-refractivity contribution in [2.24, 2.45) is 0 Å². The lowest BCUT2D eigenvalue weighted by atomic mass is 10.3. The van der Waals surface area contributed by atoms with Crippen molar-refractivity contribution in [2.45, 2.75) is 39.8 Å². The molecule has 1 heterocycles. The zero-order valence-electron chi connectivity index (χ0n) is 8.39. The summed E-state index contributed by atoms with van der Waals surface area (Å²) in [7, 11) is 0.725. The van der Waals surface area contributed by atoms with E-state index >= 15 is 0 Å². The third-order valence-electron chi connectivity index (χ3n) is 1.07. The highest BCUT2D eigenvalue weighted by Gasteiger charge is 1.95. The number of rotatable bonds is 2. The van der Waals surface area contributed by atoms with Gasteiger partial charge in [0.1, 0.15) is 0 Å². The van der Waals surface area contributed by atoms with Gasteiger partial charge in [0.15, 0.2) is 0 Å². The number of nitrogens with one attached hydrogen (secondary N) is 1. The molecule has 2 nitrogen and oxygen atoms in total. The quantitative estimate of drug-likeness (QED) is 0.706. The van der Waals surface area contributed by atoms with Crippen molar-refractivity contribution >= 4 is 19.4 Å². The molecule has 1 N–H and O–H groups in total. The van der Waals surface area contributed by atoms with Gasteiger partial charge in [0.05, 0.1) is 14.6 Å². The molecule has 1 unspecified atom stereocenters. The largest absolute Gasteiger partial charge is 0.351 e. The van der Waals surface area contributed by atoms with Crippen molar-refractivity contribution < 1.29 is 4.52 Å². The average molecular weight is 209 g/mol. The van der Waals surface area contributed by atoms with E-state index in [0.29, 0.717) is 12.1 Å². The van der Waals surface area contributed by atoms with Gasteiger partial charge in [-0.05, 0) is 0 Å². The Hall–Kier alpha value is 0.700. The standard InChI is InChI=1S/C6H15N.C2H5OPS/c1-5(2)7-6(3)4;1-2-5-4-3-1/h5-7H,1-4H3;4H,1-2H2. The van der Waals surface area contributed by atoms with E-state index in [2.05, 4.69) is 33.0 Å². The molecule has 1 rings (SSSR count). The molecule has 1 aliphatic rings. The third-order valence-corrected chi connectivity index (χ3v) is 3.20. The van der Waals surface area contributed by atoms with Crippen molar-refractivity contribution in [3.05, 3.63) is 0 Å². The van der Waals surface area contributed by atoms with Gasteiger partial charge < -0.3 is 9.84 Å². The van der Waals surface area contributed by atoms with Crippen molar-refractivity contribution in [3.63, 3.8) is 0 Å². The first-order valence-corrected chi connectivity index (χ1v) is 6.99. The topological polar surface area (TPSA) is 21.3 Å². The van der Waals surface area contributed by atoms with Gasteiger partial charge in [0.2, 0.25) is 0 Å². The Morgan fingerprint density at radius 2 is 1.83 bits per heavy atom. The van der Waals surface area contributed by atoms with Gasteiger partial charge in [0.25, 0.3) is 0 Å². The van der Waals surface area contributed by atoms with Crippen LogP contribution in [0.25, 0.3) is 0 Å².